The van der Waals surface area contributed by atoms with Gasteiger partial charge in [-0.25, -0.2) is 0 Å². The minimum atomic E-state index is -4.47. The lowest BCUT2D eigenvalue weighted by Gasteiger charge is -2.12. The molecule has 2 N–H and O–H groups in total. The molecule has 2 rings (SSSR count). The average molecular weight is 377 g/mol. The van der Waals surface area contributed by atoms with Gasteiger partial charge in [-0.05, 0) is 35.9 Å². The van der Waals surface area contributed by atoms with Crippen molar-refractivity contribution in [3.8, 4) is 0 Å². The maximum Gasteiger partial charge on any atom is 0.416 e. The minimum absolute atomic E-state index is 0.0492. The Balaban J connectivity index is 1.90. The fraction of sp³-hybridized carbons (Fsp3) is 0.188. The Labute approximate surface area is 146 Å². The van der Waals surface area contributed by atoms with Crippen LogP contribution in [0.5, 0.6) is 0 Å². The Morgan fingerprint density at radius 3 is 2.33 bits per heavy atom. The van der Waals surface area contributed by atoms with Gasteiger partial charge >= 0.3 is 6.18 Å². The standard InChI is InChI=1S/C16H13Cl2F3N2O/c17-12-4-1-10(2-5-12)8-23-15(24)9-22-14-7-11(16(19,20)21)3-6-13(14)18/h1-7,22H,8-9H2,(H,23,24). The lowest BCUT2D eigenvalue weighted by molar-refractivity contribution is -0.137. The Morgan fingerprint density at radius 2 is 1.71 bits per heavy atom. The van der Waals surface area contributed by atoms with Crippen molar-refractivity contribution in [2.45, 2.75) is 12.7 Å². The fourth-order valence-electron chi connectivity index (χ4n) is 1.88. The topological polar surface area (TPSA) is 41.1 Å². The highest BCUT2D eigenvalue weighted by Gasteiger charge is 2.30. The van der Waals surface area contributed by atoms with Crippen LogP contribution in [0.25, 0.3) is 0 Å². The van der Waals surface area contributed by atoms with Crippen molar-refractivity contribution < 1.29 is 18.0 Å². The number of carbonyl (C=O) groups is 1. The van der Waals surface area contributed by atoms with Crippen LogP contribution >= 0.6 is 23.2 Å². The van der Waals surface area contributed by atoms with E-state index >= 15 is 0 Å². The summed E-state index contributed by atoms with van der Waals surface area (Å²) in [5.41, 5.74) is 0.0639. The molecule has 0 radical (unpaired) electrons. The molecule has 0 saturated heterocycles. The normalized spacial score (nSPS) is 11.2. The second kappa shape index (κ2) is 7.77. The molecule has 0 fully saturated rings. The summed E-state index contributed by atoms with van der Waals surface area (Å²) in [4.78, 5) is 11.8. The van der Waals surface area contributed by atoms with E-state index in [0.717, 1.165) is 23.8 Å². The van der Waals surface area contributed by atoms with Crippen molar-refractivity contribution in [2.24, 2.45) is 0 Å². The number of anilines is 1. The van der Waals surface area contributed by atoms with Crippen molar-refractivity contribution in [3.63, 3.8) is 0 Å². The Hall–Kier alpha value is -1.92. The summed E-state index contributed by atoms with van der Waals surface area (Å²) in [5.74, 6) is -0.376. The lowest BCUT2D eigenvalue weighted by Crippen LogP contribution is -2.29. The van der Waals surface area contributed by atoms with E-state index in [0.29, 0.717) is 5.02 Å². The second-order valence-electron chi connectivity index (χ2n) is 4.95. The van der Waals surface area contributed by atoms with Gasteiger partial charge in [0, 0.05) is 11.6 Å². The van der Waals surface area contributed by atoms with Crippen LogP contribution in [0.1, 0.15) is 11.1 Å². The van der Waals surface area contributed by atoms with Crippen molar-refractivity contribution >= 4 is 34.8 Å². The van der Waals surface area contributed by atoms with Crippen LogP contribution in [0.4, 0.5) is 18.9 Å². The predicted octanol–water partition coefficient (Wildman–Crippen LogP) is 4.74. The van der Waals surface area contributed by atoms with E-state index in [9.17, 15) is 18.0 Å². The van der Waals surface area contributed by atoms with Gasteiger partial charge in [-0.1, -0.05) is 35.3 Å². The summed E-state index contributed by atoms with van der Waals surface area (Å²) >= 11 is 11.6. The van der Waals surface area contributed by atoms with Gasteiger partial charge in [-0.3, -0.25) is 4.79 Å². The number of hydrogen-bond donors (Lipinski definition) is 2. The number of alkyl halides is 3. The number of hydrogen-bond acceptors (Lipinski definition) is 2. The Kier molecular flexibility index (Phi) is 5.96. The van der Waals surface area contributed by atoms with E-state index < -0.39 is 11.7 Å². The van der Waals surface area contributed by atoms with Gasteiger partial charge in [0.15, 0.2) is 0 Å². The summed E-state index contributed by atoms with van der Waals surface area (Å²) in [5, 5.41) is 5.94. The third kappa shape index (κ3) is 5.32. The van der Waals surface area contributed by atoms with E-state index in [2.05, 4.69) is 10.6 Å². The van der Waals surface area contributed by atoms with Crippen molar-refractivity contribution in [1.82, 2.24) is 5.32 Å². The number of carbonyl (C=O) groups excluding carboxylic acids is 1. The van der Waals surface area contributed by atoms with Gasteiger partial charge in [0.2, 0.25) is 5.91 Å². The first-order valence-electron chi connectivity index (χ1n) is 6.87. The molecule has 0 spiro atoms. The monoisotopic (exact) mass is 376 g/mol. The molecule has 0 unspecified atom stereocenters. The van der Waals surface area contributed by atoms with E-state index in [1.54, 1.807) is 24.3 Å². The molecule has 24 heavy (non-hydrogen) atoms. The van der Waals surface area contributed by atoms with E-state index in [-0.39, 0.29) is 29.7 Å². The SMILES string of the molecule is O=C(CNc1cc(C(F)(F)F)ccc1Cl)NCc1ccc(Cl)cc1. The highest BCUT2D eigenvalue weighted by atomic mass is 35.5. The van der Waals surface area contributed by atoms with E-state index in [1.165, 1.54) is 0 Å². The number of rotatable bonds is 5. The number of halogens is 5. The number of amides is 1. The third-order valence-electron chi connectivity index (χ3n) is 3.14. The molecule has 0 aliphatic rings. The maximum atomic E-state index is 12.7. The molecule has 8 heteroatoms. The summed E-state index contributed by atoms with van der Waals surface area (Å²) in [6.07, 6.45) is -4.47. The molecule has 0 aromatic heterocycles. The van der Waals surface area contributed by atoms with Crippen LogP contribution in [-0.2, 0) is 17.5 Å². The number of nitrogens with one attached hydrogen (secondary N) is 2. The van der Waals surface area contributed by atoms with Crippen LogP contribution in [0.2, 0.25) is 10.0 Å². The molecule has 2 aromatic rings. The van der Waals surface area contributed by atoms with Crippen LogP contribution in [0, 0.1) is 0 Å². The lowest BCUT2D eigenvalue weighted by atomic mass is 10.2. The predicted molar refractivity (Wildman–Crippen MR) is 88.2 cm³/mol. The van der Waals surface area contributed by atoms with Crippen LogP contribution in [0.15, 0.2) is 42.5 Å². The molecule has 0 saturated carbocycles. The Morgan fingerprint density at radius 1 is 1.04 bits per heavy atom. The summed E-state index contributed by atoms with van der Waals surface area (Å²) in [7, 11) is 0. The second-order valence-corrected chi connectivity index (χ2v) is 5.79. The highest BCUT2D eigenvalue weighted by molar-refractivity contribution is 6.33. The summed E-state index contributed by atoms with van der Waals surface area (Å²) < 4.78 is 38.0. The fourth-order valence-corrected chi connectivity index (χ4v) is 2.19. The molecular weight excluding hydrogens is 364 g/mol. The zero-order chi connectivity index (χ0) is 17.7. The summed E-state index contributed by atoms with van der Waals surface area (Å²) in [6, 6.07) is 9.81. The van der Waals surface area contributed by atoms with Crippen LogP contribution in [-0.4, -0.2) is 12.5 Å². The largest absolute Gasteiger partial charge is 0.416 e. The molecule has 0 aliphatic carbocycles. The van der Waals surface area contributed by atoms with Crippen molar-refractivity contribution in [2.75, 3.05) is 11.9 Å². The molecule has 0 heterocycles. The maximum absolute atomic E-state index is 12.7. The van der Waals surface area contributed by atoms with Gasteiger partial charge in [0.25, 0.3) is 0 Å². The first-order valence-corrected chi connectivity index (χ1v) is 7.63. The smallest absolute Gasteiger partial charge is 0.375 e. The van der Waals surface area contributed by atoms with Gasteiger partial charge in [0.05, 0.1) is 22.8 Å². The van der Waals surface area contributed by atoms with Crippen LogP contribution in [0.3, 0.4) is 0 Å². The van der Waals surface area contributed by atoms with E-state index in [1.807, 2.05) is 0 Å². The van der Waals surface area contributed by atoms with Crippen LogP contribution < -0.4 is 10.6 Å². The molecule has 0 aliphatic heterocycles. The zero-order valence-corrected chi connectivity index (χ0v) is 13.8. The molecule has 2 aromatic carbocycles. The molecule has 1 amide bonds. The third-order valence-corrected chi connectivity index (χ3v) is 3.72. The quantitative estimate of drug-likeness (QED) is 0.790. The van der Waals surface area contributed by atoms with Gasteiger partial charge in [-0.15, -0.1) is 0 Å². The average Bonchev–Trinajstić information content (AvgIpc) is 2.52. The molecule has 3 nitrogen and oxygen atoms in total. The first kappa shape index (κ1) is 18.4. The molecular formula is C16H13Cl2F3N2O. The zero-order valence-electron chi connectivity index (χ0n) is 12.3. The number of benzene rings is 2. The van der Waals surface area contributed by atoms with Crippen molar-refractivity contribution in [3.05, 3.63) is 63.6 Å². The van der Waals surface area contributed by atoms with E-state index in [4.69, 9.17) is 23.2 Å². The Bertz CT molecular complexity index is 718. The summed E-state index contributed by atoms with van der Waals surface area (Å²) in [6.45, 7) is 0.0859. The molecule has 0 bridgehead atoms. The van der Waals surface area contributed by atoms with Gasteiger partial charge < -0.3 is 10.6 Å². The molecule has 128 valence electrons. The minimum Gasteiger partial charge on any atom is -0.375 e. The first-order chi connectivity index (χ1) is 11.3. The molecule has 0 atom stereocenters. The highest BCUT2D eigenvalue weighted by Crippen LogP contribution is 2.33. The van der Waals surface area contributed by atoms with Gasteiger partial charge in [0.1, 0.15) is 0 Å². The van der Waals surface area contributed by atoms with Gasteiger partial charge in [-0.2, -0.15) is 13.2 Å². The van der Waals surface area contributed by atoms with Crippen molar-refractivity contribution in [1.29, 1.82) is 0 Å².